The van der Waals surface area contributed by atoms with Crippen molar-refractivity contribution < 1.29 is 4.79 Å². The Morgan fingerprint density at radius 3 is 2.68 bits per heavy atom. The third-order valence-electron chi connectivity index (χ3n) is 8.16. The van der Waals surface area contributed by atoms with Crippen molar-refractivity contribution in [1.82, 2.24) is 19.4 Å². The number of imidazole rings is 1. The van der Waals surface area contributed by atoms with Gasteiger partial charge in [0.15, 0.2) is 0 Å². The molecule has 28 heavy (non-hydrogen) atoms. The summed E-state index contributed by atoms with van der Waals surface area (Å²) >= 11 is 0. The van der Waals surface area contributed by atoms with Crippen molar-refractivity contribution in [2.24, 2.45) is 24.8 Å². The van der Waals surface area contributed by atoms with Crippen LogP contribution >= 0.6 is 0 Å². The number of aromatic nitrogens is 2. The third-order valence-corrected chi connectivity index (χ3v) is 8.16. The zero-order valence-corrected chi connectivity index (χ0v) is 17.4. The Balaban J connectivity index is 1.36. The molecule has 0 radical (unpaired) electrons. The molecule has 4 heterocycles. The minimum absolute atomic E-state index is 0.462. The Morgan fingerprint density at radius 2 is 1.89 bits per heavy atom. The molecule has 0 spiro atoms. The SMILES string of the molecule is Cn1ccnc1CN1C[C@H]2C[C@@H](C1)[C@H](CC1CCCCC1)N1C(=O)CCC[C@@H]21. The Bertz CT molecular complexity index is 695. The summed E-state index contributed by atoms with van der Waals surface area (Å²) in [6.07, 6.45) is 16.6. The van der Waals surface area contributed by atoms with Gasteiger partial charge in [-0.25, -0.2) is 4.98 Å². The van der Waals surface area contributed by atoms with E-state index in [0.29, 0.717) is 29.8 Å². The number of piperidine rings is 3. The molecule has 5 nitrogen and oxygen atoms in total. The Hall–Kier alpha value is -1.36. The first-order valence-electron chi connectivity index (χ1n) is 11.7. The Labute approximate surface area is 169 Å². The first kappa shape index (κ1) is 18.7. The maximum atomic E-state index is 13.0. The van der Waals surface area contributed by atoms with Crippen molar-refractivity contribution >= 4 is 5.91 Å². The maximum Gasteiger partial charge on any atom is 0.223 e. The van der Waals surface area contributed by atoms with Crippen LogP contribution in [0.2, 0.25) is 0 Å². The molecule has 1 aromatic rings. The zero-order chi connectivity index (χ0) is 19.1. The predicted molar refractivity (Wildman–Crippen MR) is 110 cm³/mol. The van der Waals surface area contributed by atoms with E-state index < -0.39 is 0 Å². The van der Waals surface area contributed by atoms with Crippen LogP contribution in [0.15, 0.2) is 12.4 Å². The van der Waals surface area contributed by atoms with Crippen molar-refractivity contribution in [3.05, 3.63) is 18.2 Å². The summed E-state index contributed by atoms with van der Waals surface area (Å²) in [6, 6.07) is 0.983. The van der Waals surface area contributed by atoms with E-state index >= 15 is 0 Å². The Morgan fingerprint density at radius 1 is 1.07 bits per heavy atom. The molecule has 5 heteroatoms. The molecule has 154 valence electrons. The third kappa shape index (κ3) is 3.51. The molecule has 3 saturated heterocycles. The van der Waals surface area contributed by atoms with Gasteiger partial charge in [-0.15, -0.1) is 0 Å². The minimum Gasteiger partial charge on any atom is -0.337 e. The van der Waals surface area contributed by atoms with E-state index in [1.807, 2.05) is 12.4 Å². The summed E-state index contributed by atoms with van der Waals surface area (Å²) in [7, 11) is 2.10. The van der Waals surface area contributed by atoms with Crippen LogP contribution in [0, 0.1) is 17.8 Å². The van der Waals surface area contributed by atoms with Gasteiger partial charge in [-0.05, 0) is 43.4 Å². The van der Waals surface area contributed by atoms with Crippen molar-refractivity contribution in [3.8, 4) is 0 Å². The molecule has 3 aliphatic heterocycles. The molecule has 2 bridgehead atoms. The minimum atomic E-state index is 0.462. The molecule has 0 aromatic carbocycles. The summed E-state index contributed by atoms with van der Waals surface area (Å²) < 4.78 is 2.15. The number of hydrogen-bond acceptors (Lipinski definition) is 3. The number of likely N-dealkylation sites (tertiary alicyclic amines) is 1. The molecule has 1 aliphatic carbocycles. The first-order valence-corrected chi connectivity index (χ1v) is 11.7. The van der Waals surface area contributed by atoms with E-state index in [1.165, 1.54) is 57.2 Å². The van der Waals surface area contributed by atoms with Gasteiger partial charge in [-0.2, -0.15) is 0 Å². The van der Waals surface area contributed by atoms with Gasteiger partial charge in [-0.3, -0.25) is 9.69 Å². The smallest absolute Gasteiger partial charge is 0.223 e. The molecular weight excluding hydrogens is 348 g/mol. The summed E-state index contributed by atoms with van der Waals surface area (Å²) in [5.41, 5.74) is 0. The van der Waals surface area contributed by atoms with Gasteiger partial charge in [0.05, 0.1) is 6.54 Å². The molecule has 4 atom stereocenters. The molecule has 4 aliphatic rings. The normalized spacial score (nSPS) is 34.5. The highest BCUT2D eigenvalue weighted by atomic mass is 16.2. The van der Waals surface area contributed by atoms with Gasteiger partial charge in [0.25, 0.3) is 0 Å². The molecule has 1 aromatic heterocycles. The summed E-state index contributed by atoms with van der Waals surface area (Å²) in [5.74, 6) is 3.78. The van der Waals surface area contributed by atoms with Gasteiger partial charge >= 0.3 is 0 Å². The maximum absolute atomic E-state index is 13.0. The second-order valence-corrected chi connectivity index (χ2v) is 9.97. The van der Waals surface area contributed by atoms with E-state index in [2.05, 4.69) is 26.4 Å². The van der Waals surface area contributed by atoms with E-state index in [-0.39, 0.29) is 0 Å². The van der Waals surface area contributed by atoms with Crippen LogP contribution < -0.4 is 0 Å². The summed E-state index contributed by atoms with van der Waals surface area (Å²) in [5, 5.41) is 0. The van der Waals surface area contributed by atoms with Gasteiger partial charge in [0, 0.05) is 51.0 Å². The lowest BCUT2D eigenvalue weighted by Crippen LogP contribution is -2.65. The zero-order valence-electron chi connectivity index (χ0n) is 17.4. The highest BCUT2D eigenvalue weighted by Gasteiger charge is 2.49. The lowest BCUT2D eigenvalue weighted by Gasteiger charge is -2.57. The number of rotatable bonds is 4. The Kier molecular flexibility index (Phi) is 5.20. The van der Waals surface area contributed by atoms with Crippen molar-refractivity contribution in [1.29, 1.82) is 0 Å². The molecule has 0 unspecified atom stereocenters. The number of carbonyl (C=O) groups excluding carboxylic acids is 1. The number of carbonyl (C=O) groups is 1. The fraction of sp³-hybridized carbons (Fsp3) is 0.826. The second kappa shape index (κ2) is 7.81. The van der Waals surface area contributed by atoms with Crippen molar-refractivity contribution in [2.45, 2.75) is 82.8 Å². The standard InChI is InChI=1S/C23H36N4O/c1-25-11-10-24-22(25)16-26-14-18-13-19(15-26)21(12-17-6-3-2-4-7-17)27-20(18)8-5-9-23(27)28/h10-11,17-21H,2-9,12-16H2,1H3/t18-,19+,20+,21+/m1/s1. The van der Waals surface area contributed by atoms with Gasteiger partial charge in [-0.1, -0.05) is 32.1 Å². The number of nitrogens with zero attached hydrogens (tertiary/aromatic N) is 4. The average Bonchev–Trinajstić information content (AvgIpc) is 3.10. The molecule has 1 amide bonds. The van der Waals surface area contributed by atoms with Crippen LogP contribution in [0.4, 0.5) is 0 Å². The number of aryl methyl sites for hydroxylation is 1. The highest BCUT2D eigenvalue weighted by Crippen LogP contribution is 2.44. The fourth-order valence-corrected chi connectivity index (χ4v) is 6.82. The first-order chi connectivity index (χ1) is 13.7. The van der Waals surface area contributed by atoms with Crippen molar-refractivity contribution in [3.63, 3.8) is 0 Å². The van der Waals surface area contributed by atoms with Crippen LogP contribution in [0.1, 0.15) is 70.0 Å². The molecule has 5 rings (SSSR count). The van der Waals surface area contributed by atoms with Crippen LogP contribution in [0.5, 0.6) is 0 Å². The number of fused-ring (bicyclic) bond motifs is 4. The largest absolute Gasteiger partial charge is 0.337 e. The van der Waals surface area contributed by atoms with Crippen LogP contribution in [-0.4, -0.2) is 50.4 Å². The number of hydrogen-bond donors (Lipinski definition) is 0. The molecule has 1 saturated carbocycles. The summed E-state index contributed by atoms with van der Waals surface area (Å²) in [4.78, 5) is 22.6. The van der Waals surface area contributed by atoms with Gasteiger partial charge < -0.3 is 9.47 Å². The fourth-order valence-electron chi connectivity index (χ4n) is 6.82. The van der Waals surface area contributed by atoms with E-state index in [0.717, 1.165) is 38.4 Å². The van der Waals surface area contributed by atoms with Crippen LogP contribution in [0.25, 0.3) is 0 Å². The van der Waals surface area contributed by atoms with Crippen LogP contribution in [0.3, 0.4) is 0 Å². The van der Waals surface area contributed by atoms with Crippen molar-refractivity contribution in [2.75, 3.05) is 13.1 Å². The second-order valence-electron chi connectivity index (χ2n) is 9.97. The predicted octanol–water partition coefficient (Wildman–Crippen LogP) is 3.59. The topological polar surface area (TPSA) is 41.4 Å². The quantitative estimate of drug-likeness (QED) is 0.797. The van der Waals surface area contributed by atoms with E-state index in [4.69, 9.17) is 0 Å². The number of amides is 1. The monoisotopic (exact) mass is 384 g/mol. The summed E-state index contributed by atoms with van der Waals surface area (Å²) in [6.45, 7) is 3.22. The van der Waals surface area contributed by atoms with E-state index in [9.17, 15) is 4.79 Å². The average molecular weight is 385 g/mol. The lowest BCUT2D eigenvalue weighted by atomic mass is 9.69. The molecular formula is C23H36N4O. The lowest BCUT2D eigenvalue weighted by molar-refractivity contribution is -0.154. The highest BCUT2D eigenvalue weighted by molar-refractivity contribution is 5.78. The van der Waals surface area contributed by atoms with E-state index in [1.54, 1.807) is 0 Å². The van der Waals surface area contributed by atoms with Crippen LogP contribution in [-0.2, 0) is 18.4 Å². The van der Waals surface area contributed by atoms with Gasteiger partial charge in [0.1, 0.15) is 5.82 Å². The molecule has 0 N–H and O–H groups in total. The molecule has 4 fully saturated rings. The van der Waals surface area contributed by atoms with Gasteiger partial charge in [0.2, 0.25) is 5.91 Å².